The molecular formula is C24H22N2O2S. The molecule has 29 heavy (non-hydrogen) atoms. The Bertz CT molecular complexity index is 1130. The Kier molecular flexibility index (Phi) is 5.58. The number of rotatable bonds is 6. The average Bonchev–Trinajstić information content (AvgIpc) is 3.20. The molecule has 5 heteroatoms. The summed E-state index contributed by atoms with van der Waals surface area (Å²) in [4.78, 5) is 17.2. The predicted molar refractivity (Wildman–Crippen MR) is 120 cm³/mol. The van der Waals surface area contributed by atoms with Crippen LogP contribution in [0.4, 0.5) is 5.13 Å². The molecule has 1 aromatic heterocycles. The fraction of sp³-hybridized carbons (Fsp3) is 0.167. The number of benzene rings is 3. The van der Waals surface area contributed by atoms with Gasteiger partial charge in [-0.25, -0.2) is 4.98 Å². The van der Waals surface area contributed by atoms with Crippen LogP contribution in [0.1, 0.15) is 24.2 Å². The summed E-state index contributed by atoms with van der Waals surface area (Å²) in [6.07, 6.45) is 0. The lowest BCUT2D eigenvalue weighted by Crippen LogP contribution is -2.11. The number of nitrogens with zero attached hydrogens (tertiary/aromatic N) is 1. The minimum atomic E-state index is -0.181. The van der Waals surface area contributed by atoms with Crippen molar-refractivity contribution in [2.24, 2.45) is 5.92 Å². The van der Waals surface area contributed by atoms with Gasteiger partial charge in [0.1, 0.15) is 5.75 Å². The highest BCUT2D eigenvalue weighted by atomic mass is 32.1. The van der Waals surface area contributed by atoms with Crippen molar-refractivity contribution in [2.45, 2.75) is 13.8 Å². The molecule has 0 bridgehead atoms. The molecule has 3 aromatic carbocycles. The molecule has 4 aromatic rings. The molecule has 1 amide bonds. The summed E-state index contributed by atoms with van der Waals surface area (Å²) < 4.78 is 5.67. The van der Waals surface area contributed by atoms with Crippen molar-refractivity contribution in [3.63, 3.8) is 0 Å². The third kappa shape index (κ3) is 4.46. The van der Waals surface area contributed by atoms with Crippen molar-refractivity contribution >= 4 is 33.1 Å². The summed E-state index contributed by atoms with van der Waals surface area (Å²) >= 11 is 1.42. The summed E-state index contributed by atoms with van der Waals surface area (Å²) in [5, 5.41) is 7.77. The van der Waals surface area contributed by atoms with E-state index in [0.29, 0.717) is 23.2 Å². The van der Waals surface area contributed by atoms with E-state index in [1.54, 1.807) is 12.1 Å². The number of thiazole rings is 1. The molecule has 0 unspecified atom stereocenters. The van der Waals surface area contributed by atoms with Gasteiger partial charge in [-0.05, 0) is 41.0 Å². The maximum Gasteiger partial charge on any atom is 0.257 e. The highest BCUT2D eigenvalue weighted by Gasteiger charge is 2.12. The Hall–Kier alpha value is -3.18. The highest BCUT2D eigenvalue weighted by molar-refractivity contribution is 7.14. The van der Waals surface area contributed by atoms with Gasteiger partial charge in [0.15, 0.2) is 5.13 Å². The van der Waals surface area contributed by atoms with E-state index in [0.717, 1.165) is 22.4 Å². The van der Waals surface area contributed by atoms with Crippen LogP contribution in [-0.4, -0.2) is 17.5 Å². The molecule has 146 valence electrons. The Morgan fingerprint density at radius 2 is 1.79 bits per heavy atom. The molecule has 1 N–H and O–H groups in total. The maximum atomic E-state index is 12.6. The van der Waals surface area contributed by atoms with Crippen LogP contribution in [0.5, 0.6) is 5.75 Å². The van der Waals surface area contributed by atoms with Crippen LogP contribution in [0.3, 0.4) is 0 Å². The first-order valence-corrected chi connectivity index (χ1v) is 10.5. The maximum absolute atomic E-state index is 12.6. The standard InChI is InChI=1S/C24H22N2O2S/c1-16(2)14-28-19-12-10-18(11-13-19)23(27)26-24-25-22(15-29-24)21-9-5-7-17-6-3-4-8-20(17)21/h3-13,15-16H,14H2,1-2H3,(H,25,26,27). The normalized spacial score (nSPS) is 11.0. The van der Waals surface area contributed by atoms with Crippen molar-refractivity contribution < 1.29 is 9.53 Å². The number of nitrogens with one attached hydrogen (secondary N) is 1. The monoisotopic (exact) mass is 402 g/mol. The molecule has 0 aliphatic rings. The molecule has 4 rings (SSSR count). The van der Waals surface area contributed by atoms with E-state index in [4.69, 9.17) is 4.74 Å². The number of hydrogen-bond donors (Lipinski definition) is 1. The lowest BCUT2D eigenvalue weighted by Gasteiger charge is -2.09. The Morgan fingerprint density at radius 1 is 1.03 bits per heavy atom. The number of ether oxygens (including phenoxy) is 1. The highest BCUT2D eigenvalue weighted by Crippen LogP contribution is 2.31. The zero-order valence-electron chi connectivity index (χ0n) is 16.4. The third-order valence-electron chi connectivity index (χ3n) is 4.49. The van der Waals surface area contributed by atoms with Gasteiger partial charge in [-0.3, -0.25) is 10.1 Å². The number of anilines is 1. The molecule has 0 atom stereocenters. The summed E-state index contributed by atoms with van der Waals surface area (Å²) in [5.74, 6) is 1.04. The summed E-state index contributed by atoms with van der Waals surface area (Å²) in [6.45, 7) is 4.85. The molecular weight excluding hydrogens is 380 g/mol. The number of amides is 1. The van der Waals surface area contributed by atoms with Gasteiger partial charge in [0.2, 0.25) is 0 Å². The number of hydrogen-bond acceptors (Lipinski definition) is 4. The van der Waals surface area contributed by atoms with E-state index in [1.165, 1.54) is 16.7 Å². The van der Waals surface area contributed by atoms with Crippen LogP contribution in [0.2, 0.25) is 0 Å². The summed E-state index contributed by atoms with van der Waals surface area (Å²) in [5.41, 5.74) is 2.50. The smallest absolute Gasteiger partial charge is 0.257 e. The number of carbonyl (C=O) groups excluding carboxylic acids is 1. The molecule has 0 fully saturated rings. The second-order valence-electron chi connectivity index (χ2n) is 7.25. The van der Waals surface area contributed by atoms with Crippen LogP contribution < -0.4 is 10.1 Å². The van der Waals surface area contributed by atoms with Gasteiger partial charge in [-0.1, -0.05) is 56.3 Å². The Morgan fingerprint density at radius 3 is 2.59 bits per heavy atom. The van der Waals surface area contributed by atoms with Crippen LogP contribution in [0.25, 0.3) is 22.0 Å². The fourth-order valence-electron chi connectivity index (χ4n) is 3.04. The Labute approximate surface area is 174 Å². The minimum absolute atomic E-state index is 0.181. The largest absolute Gasteiger partial charge is 0.493 e. The number of fused-ring (bicyclic) bond motifs is 1. The first-order valence-electron chi connectivity index (χ1n) is 9.58. The Balaban J connectivity index is 1.48. The lowest BCUT2D eigenvalue weighted by atomic mass is 10.0. The lowest BCUT2D eigenvalue weighted by molar-refractivity contribution is 0.102. The van der Waals surface area contributed by atoms with E-state index >= 15 is 0 Å². The van der Waals surface area contributed by atoms with Crippen LogP contribution >= 0.6 is 11.3 Å². The van der Waals surface area contributed by atoms with Gasteiger partial charge in [0, 0.05) is 16.5 Å². The first-order chi connectivity index (χ1) is 14.1. The SMILES string of the molecule is CC(C)COc1ccc(C(=O)Nc2nc(-c3cccc4ccccc34)cs2)cc1. The molecule has 0 aliphatic heterocycles. The van der Waals surface area contributed by atoms with Crippen molar-refractivity contribution in [3.8, 4) is 17.0 Å². The molecule has 0 saturated heterocycles. The molecule has 0 spiro atoms. The van der Waals surface area contributed by atoms with Crippen molar-refractivity contribution in [1.29, 1.82) is 0 Å². The minimum Gasteiger partial charge on any atom is -0.493 e. The van der Waals surface area contributed by atoms with Crippen molar-refractivity contribution in [3.05, 3.63) is 77.7 Å². The van der Waals surface area contributed by atoms with E-state index in [1.807, 2.05) is 35.7 Å². The summed E-state index contributed by atoms with van der Waals surface area (Å²) in [6, 6.07) is 21.6. The quantitative estimate of drug-likeness (QED) is 0.415. The zero-order valence-corrected chi connectivity index (χ0v) is 17.2. The number of aromatic nitrogens is 1. The molecule has 0 saturated carbocycles. The van der Waals surface area contributed by atoms with Crippen LogP contribution in [0.15, 0.2) is 72.1 Å². The fourth-order valence-corrected chi connectivity index (χ4v) is 3.74. The average molecular weight is 403 g/mol. The topological polar surface area (TPSA) is 51.2 Å². The molecule has 0 aliphatic carbocycles. The molecule has 0 radical (unpaired) electrons. The van der Waals surface area contributed by atoms with Crippen LogP contribution in [0, 0.1) is 5.92 Å². The van der Waals surface area contributed by atoms with E-state index in [9.17, 15) is 4.79 Å². The van der Waals surface area contributed by atoms with Gasteiger partial charge in [0.25, 0.3) is 5.91 Å². The molecule has 1 heterocycles. The second kappa shape index (κ2) is 8.45. The van der Waals surface area contributed by atoms with E-state index in [2.05, 4.69) is 48.4 Å². The summed E-state index contributed by atoms with van der Waals surface area (Å²) in [7, 11) is 0. The predicted octanol–water partition coefficient (Wildman–Crippen LogP) is 6.25. The van der Waals surface area contributed by atoms with Crippen LogP contribution in [-0.2, 0) is 0 Å². The number of carbonyl (C=O) groups is 1. The van der Waals surface area contributed by atoms with Gasteiger partial charge in [0.05, 0.1) is 12.3 Å². The molecule has 4 nitrogen and oxygen atoms in total. The second-order valence-corrected chi connectivity index (χ2v) is 8.11. The van der Waals surface area contributed by atoms with Crippen molar-refractivity contribution in [1.82, 2.24) is 4.98 Å². The van der Waals surface area contributed by atoms with Gasteiger partial charge in [-0.2, -0.15) is 0 Å². The van der Waals surface area contributed by atoms with E-state index < -0.39 is 0 Å². The first kappa shape index (κ1) is 19.2. The van der Waals surface area contributed by atoms with Crippen molar-refractivity contribution in [2.75, 3.05) is 11.9 Å². The zero-order chi connectivity index (χ0) is 20.2. The van der Waals surface area contributed by atoms with E-state index in [-0.39, 0.29) is 5.91 Å². The van der Waals surface area contributed by atoms with Gasteiger partial charge < -0.3 is 4.74 Å². The van der Waals surface area contributed by atoms with Gasteiger partial charge in [-0.15, -0.1) is 11.3 Å². The van der Waals surface area contributed by atoms with Gasteiger partial charge >= 0.3 is 0 Å². The third-order valence-corrected chi connectivity index (χ3v) is 5.25.